The van der Waals surface area contributed by atoms with E-state index in [9.17, 15) is 5.11 Å². The summed E-state index contributed by atoms with van der Waals surface area (Å²) in [4.78, 5) is 0. The lowest BCUT2D eigenvalue weighted by atomic mass is 9.97. The van der Waals surface area contributed by atoms with E-state index >= 15 is 0 Å². The number of hydrogen-bond donors (Lipinski definition) is 2. The van der Waals surface area contributed by atoms with Crippen LogP contribution in [0.3, 0.4) is 0 Å². The average molecular weight is 306 g/mol. The molecule has 0 heterocycles. The van der Waals surface area contributed by atoms with Crippen molar-refractivity contribution in [3.63, 3.8) is 0 Å². The summed E-state index contributed by atoms with van der Waals surface area (Å²) in [5.41, 5.74) is 8.11. The first-order valence-corrected chi connectivity index (χ1v) is 6.69. The second kappa shape index (κ2) is 6.14. The van der Waals surface area contributed by atoms with Crippen molar-refractivity contribution in [2.45, 2.75) is 18.6 Å². The van der Waals surface area contributed by atoms with Gasteiger partial charge in [0.1, 0.15) is 0 Å². The predicted octanol–water partition coefficient (Wildman–Crippen LogP) is 3.05. The Kier molecular flexibility index (Phi) is 4.53. The molecular formula is C15H16BrNO. The molecule has 0 aliphatic rings. The fourth-order valence-corrected chi connectivity index (χ4v) is 2.15. The van der Waals surface area contributed by atoms with Gasteiger partial charge in [-0.2, -0.15) is 0 Å². The van der Waals surface area contributed by atoms with Crippen LogP contribution in [0.1, 0.15) is 17.2 Å². The first-order chi connectivity index (χ1) is 8.66. The highest BCUT2D eigenvalue weighted by Gasteiger charge is 2.16. The highest BCUT2D eigenvalue weighted by atomic mass is 79.9. The molecule has 3 heteroatoms. The van der Waals surface area contributed by atoms with Crippen molar-refractivity contribution in [3.8, 4) is 0 Å². The van der Waals surface area contributed by atoms with Crippen LogP contribution < -0.4 is 5.73 Å². The molecule has 2 rings (SSSR count). The van der Waals surface area contributed by atoms with E-state index in [0.29, 0.717) is 6.42 Å². The van der Waals surface area contributed by atoms with Crippen molar-refractivity contribution >= 4 is 15.9 Å². The van der Waals surface area contributed by atoms with E-state index < -0.39 is 6.10 Å². The number of aliphatic hydroxyl groups is 1. The fraction of sp³-hybridized carbons (Fsp3) is 0.200. The molecule has 0 bridgehead atoms. The van der Waals surface area contributed by atoms with Crippen molar-refractivity contribution in [1.29, 1.82) is 0 Å². The average Bonchev–Trinajstić information content (AvgIpc) is 2.40. The molecule has 0 unspecified atom stereocenters. The molecule has 0 saturated heterocycles. The Morgan fingerprint density at radius 1 is 1.00 bits per heavy atom. The van der Waals surface area contributed by atoms with Gasteiger partial charge in [0.15, 0.2) is 0 Å². The van der Waals surface area contributed by atoms with Gasteiger partial charge in [-0.05, 0) is 23.3 Å². The van der Waals surface area contributed by atoms with Gasteiger partial charge in [-0.25, -0.2) is 0 Å². The molecule has 2 aromatic rings. The maximum absolute atomic E-state index is 10.2. The molecule has 2 aromatic carbocycles. The number of hydrogen-bond acceptors (Lipinski definition) is 2. The van der Waals surface area contributed by atoms with Crippen LogP contribution in [0, 0.1) is 0 Å². The van der Waals surface area contributed by atoms with Gasteiger partial charge in [0.2, 0.25) is 0 Å². The van der Waals surface area contributed by atoms with Gasteiger partial charge in [0, 0.05) is 10.9 Å². The smallest absolute Gasteiger partial charge is 0.0773 e. The molecular weight excluding hydrogens is 290 g/mol. The SMILES string of the molecule is N[C@@H](c1ccc(Br)cc1)[C@H](O)Cc1ccccc1. The van der Waals surface area contributed by atoms with Crippen LogP contribution in [-0.2, 0) is 6.42 Å². The first kappa shape index (κ1) is 13.3. The Bertz CT molecular complexity index is 484. The van der Waals surface area contributed by atoms with Gasteiger partial charge < -0.3 is 10.8 Å². The lowest BCUT2D eigenvalue weighted by Gasteiger charge is -2.19. The molecule has 18 heavy (non-hydrogen) atoms. The quantitative estimate of drug-likeness (QED) is 0.912. The molecule has 0 radical (unpaired) electrons. The minimum atomic E-state index is -0.575. The van der Waals surface area contributed by atoms with Gasteiger partial charge in [-0.15, -0.1) is 0 Å². The summed E-state index contributed by atoms with van der Waals surface area (Å²) in [6.07, 6.45) is -0.00786. The van der Waals surface area contributed by atoms with Gasteiger partial charge in [0.25, 0.3) is 0 Å². The van der Waals surface area contributed by atoms with Crippen molar-refractivity contribution in [2.75, 3.05) is 0 Å². The number of rotatable bonds is 4. The molecule has 0 aliphatic carbocycles. The van der Waals surface area contributed by atoms with E-state index in [1.165, 1.54) is 0 Å². The number of halogens is 1. The van der Waals surface area contributed by atoms with Crippen molar-refractivity contribution in [1.82, 2.24) is 0 Å². The summed E-state index contributed by atoms with van der Waals surface area (Å²) in [7, 11) is 0. The van der Waals surface area contributed by atoms with Gasteiger partial charge >= 0.3 is 0 Å². The summed E-state index contributed by atoms with van der Waals surface area (Å²) < 4.78 is 1.01. The third-order valence-corrected chi connectivity index (χ3v) is 3.49. The maximum Gasteiger partial charge on any atom is 0.0773 e. The Morgan fingerprint density at radius 3 is 2.22 bits per heavy atom. The zero-order valence-electron chi connectivity index (χ0n) is 9.96. The Labute approximate surface area is 116 Å². The van der Waals surface area contributed by atoms with Crippen LogP contribution in [0.15, 0.2) is 59.1 Å². The Balaban J connectivity index is 2.05. The van der Waals surface area contributed by atoms with Crippen LogP contribution in [0.2, 0.25) is 0 Å². The molecule has 0 saturated carbocycles. The van der Waals surface area contributed by atoms with E-state index in [2.05, 4.69) is 15.9 Å². The second-order valence-corrected chi connectivity index (χ2v) is 5.25. The van der Waals surface area contributed by atoms with Gasteiger partial charge in [-0.3, -0.25) is 0 Å². The zero-order valence-corrected chi connectivity index (χ0v) is 11.5. The van der Waals surface area contributed by atoms with Crippen molar-refractivity contribution < 1.29 is 5.11 Å². The number of benzene rings is 2. The third kappa shape index (κ3) is 3.42. The van der Waals surface area contributed by atoms with E-state index in [4.69, 9.17) is 5.73 Å². The highest BCUT2D eigenvalue weighted by molar-refractivity contribution is 9.10. The normalized spacial score (nSPS) is 14.2. The minimum absolute atomic E-state index is 0.363. The van der Waals surface area contributed by atoms with Crippen molar-refractivity contribution in [3.05, 3.63) is 70.2 Å². The topological polar surface area (TPSA) is 46.2 Å². The molecule has 94 valence electrons. The van der Waals surface area contributed by atoms with Crippen molar-refractivity contribution in [2.24, 2.45) is 5.73 Å². The summed E-state index contributed by atoms with van der Waals surface area (Å²) >= 11 is 3.38. The molecule has 0 aromatic heterocycles. The molecule has 0 spiro atoms. The van der Waals surface area contributed by atoms with Crippen LogP contribution in [0.5, 0.6) is 0 Å². The third-order valence-electron chi connectivity index (χ3n) is 2.96. The molecule has 0 fully saturated rings. The minimum Gasteiger partial charge on any atom is -0.391 e. The maximum atomic E-state index is 10.2. The molecule has 0 aliphatic heterocycles. The lowest BCUT2D eigenvalue weighted by Crippen LogP contribution is -2.28. The number of aliphatic hydroxyl groups excluding tert-OH is 1. The van der Waals surface area contributed by atoms with Gasteiger partial charge in [-0.1, -0.05) is 58.4 Å². The largest absolute Gasteiger partial charge is 0.391 e. The standard InChI is InChI=1S/C15H16BrNO/c16-13-8-6-12(7-9-13)15(17)14(18)10-11-4-2-1-3-5-11/h1-9,14-15,18H,10,17H2/t14-,15+/m1/s1. The van der Waals surface area contributed by atoms with E-state index in [-0.39, 0.29) is 6.04 Å². The Morgan fingerprint density at radius 2 is 1.61 bits per heavy atom. The second-order valence-electron chi connectivity index (χ2n) is 4.33. The summed E-state index contributed by atoms with van der Waals surface area (Å²) in [6.45, 7) is 0. The first-order valence-electron chi connectivity index (χ1n) is 5.90. The zero-order chi connectivity index (χ0) is 13.0. The molecule has 2 atom stereocenters. The fourth-order valence-electron chi connectivity index (χ4n) is 1.89. The van der Waals surface area contributed by atoms with Gasteiger partial charge in [0.05, 0.1) is 12.1 Å². The summed E-state index contributed by atoms with van der Waals surface area (Å²) in [6, 6.07) is 17.3. The van der Waals surface area contributed by atoms with E-state index in [1.54, 1.807) is 0 Å². The summed E-state index contributed by atoms with van der Waals surface area (Å²) in [5, 5.41) is 10.2. The van der Waals surface area contributed by atoms with Crippen LogP contribution in [0.25, 0.3) is 0 Å². The number of nitrogens with two attached hydrogens (primary N) is 1. The molecule has 3 N–H and O–H groups in total. The monoisotopic (exact) mass is 305 g/mol. The lowest BCUT2D eigenvalue weighted by molar-refractivity contribution is 0.145. The Hall–Kier alpha value is -1.16. The predicted molar refractivity (Wildman–Crippen MR) is 77.2 cm³/mol. The summed E-state index contributed by atoms with van der Waals surface area (Å²) in [5.74, 6) is 0. The molecule has 0 amide bonds. The van der Waals surface area contributed by atoms with E-state index in [1.807, 2.05) is 54.6 Å². The van der Waals surface area contributed by atoms with E-state index in [0.717, 1.165) is 15.6 Å². The van der Waals surface area contributed by atoms with Crippen LogP contribution in [-0.4, -0.2) is 11.2 Å². The van der Waals surface area contributed by atoms with Crippen LogP contribution >= 0.6 is 15.9 Å². The highest BCUT2D eigenvalue weighted by Crippen LogP contribution is 2.19. The molecule has 2 nitrogen and oxygen atoms in total. The van der Waals surface area contributed by atoms with Crippen LogP contribution in [0.4, 0.5) is 0 Å².